The molecular formula is C24H20N2O3. The van der Waals surface area contributed by atoms with Gasteiger partial charge in [0.1, 0.15) is 11.3 Å². The summed E-state index contributed by atoms with van der Waals surface area (Å²) in [4.78, 5) is 16.5. The predicted octanol–water partition coefficient (Wildman–Crippen LogP) is 5.47. The Morgan fingerprint density at radius 2 is 1.66 bits per heavy atom. The number of benzene rings is 3. The maximum absolute atomic E-state index is 12.2. The van der Waals surface area contributed by atoms with Gasteiger partial charge in [-0.15, -0.1) is 0 Å². The van der Waals surface area contributed by atoms with Gasteiger partial charge in [0.05, 0.1) is 6.61 Å². The molecular weight excluding hydrogens is 364 g/mol. The van der Waals surface area contributed by atoms with E-state index in [1.54, 1.807) is 24.4 Å². The lowest BCUT2D eigenvalue weighted by atomic mass is 10.2. The fourth-order valence-corrected chi connectivity index (χ4v) is 2.97. The number of hydrogen-bond acceptors (Lipinski definition) is 4. The highest BCUT2D eigenvalue weighted by molar-refractivity contribution is 5.91. The molecule has 0 saturated heterocycles. The minimum atomic E-state index is -0.569. The zero-order valence-corrected chi connectivity index (χ0v) is 15.7. The number of nitrogens with one attached hydrogen (secondary N) is 1. The number of pyridine rings is 1. The smallest absolute Gasteiger partial charge is 0.417 e. The summed E-state index contributed by atoms with van der Waals surface area (Å²) in [6, 6.07) is 26.6. The number of anilines is 1. The van der Waals surface area contributed by atoms with E-state index in [2.05, 4.69) is 22.4 Å². The van der Waals surface area contributed by atoms with Gasteiger partial charge in [0.25, 0.3) is 0 Å². The number of amides is 1. The van der Waals surface area contributed by atoms with Crippen LogP contribution in [0.4, 0.5) is 10.5 Å². The number of aromatic nitrogens is 1. The summed E-state index contributed by atoms with van der Waals surface area (Å²) in [5.74, 6) is 1.17. The summed E-state index contributed by atoms with van der Waals surface area (Å²) in [5, 5.41) is 3.63. The van der Waals surface area contributed by atoms with E-state index in [0.717, 1.165) is 17.6 Å². The number of hydrogen-bond donors (Lipinski definition) is 1. The van der Waals surface area contributed by atoms with Crippen molar-refractivity contribution in [2.45, 2.75) is 6.42 Å². The van der Waals surface area contributed by atoms with E-state index in [4.69, 9.17) is 9.47 Å². The fraction of sp³-hybridized carbons (Fsp3) is 0.0833. The third-order valence-corrected chi connectivity index (χ3v) is 4.40. The van der Waals surface area contributed by atoms with Crippen LogP contribution >= 0.6 is 0 Å². The zero-order chi connectivity index (χ0) is 19.9. The number of carbonyl (C=O) groups excluding carboxylic acids is 1. The van der Waals surface area contributed by atoms with E-state index in [0.29, 0.717) is 23.6 Å². The molecule has 5 heteroatoms. The molecule has 5 nitrogen and oxygen atoms in total. The van der Waals surface area contributed by atoms with E-state index in [9.17, 15) is 4.79 Å². The number of carbonyl (C=O) groups is 1. The second-order valence-corrected chi connectivity index (χ2v) is 6.45. The maximum atomic E-state index is 12.2. The van der Waals surface area contributed by atoms with Gasteiger partial charge in [-0.05, 0) is 42.0 Å². The normalized spacial score (nSPS) is 10.5. The lowest BCUT2D eigenvalue weighted by Gasteiger charge is -2.10. The highest BCUT2D eigenvalue weighted by Crippen LogP contribution is 2.23. The number of fused-ring (bicyclic) bond motifs is 1. The summed E-state index contributed by atoms with van der Waals surface area (Å²) in [6.45, 7) is 0.590. The molecule has 4 rings (SSSR count). The maximum Gasteiger partial charge on any atom is 0.417 e. The molecule has 0 atom stereocenters. The molecule has 0 aliphatic heterocycles. The van der Waals surface area contributed by atoms with Crippen molar-refractivity contribution >= 4 is 22.7 Å². The van der Waals surface area contributed by atoms with Crippen LogP contribution in [-0.2, 0) is 6.42 Å². The summed E-state index contributed by atoms with van der Waals surface area (Å²) in [6.07, 6.45) is 1.94. The first-order valence-corrected chi connectivity index (χ1v) is 9.37. The van der Waals surface area contributed by atoms with Gasteiger partial charge in [-0.2, -0.15) is 0 Å². The Balaban J connectivity index is 1.31. The van der Waals surface area contributed by atoms with Crippen LogP contribution in [0.1, 0.15) is 5.56 Å². The van der Waals surface area contributed by atoms with Crippen LogP contribution in [0, 0.1) is 0 Å². The minimum Gasteiger partial charge on any atom is -0.493 e. The monoisotopic (exact) mass is 384 g/mol. The quantitative estimate of drug-likeness (QED) is 0.479. The Morgan fingerprint density at radius 3 is 2.48 bits per heavy atom. The Bertz CT molecular complexity index is 1090. The SMILES string of the molecule is O=C(Nc1ccc(OCCc2ccccc2)cc1)Oc1cccc2cccnc12. The molecule has 0 aliphatic rings. The molecule has 3 aromatic carbocycles. The molecule has 0 unspecified atom stereocenters. The molecule has 0 aliphatic carbocycles. The average Bonchev–Trinajstić information content (AvgIpc) is 2.76. The van der Waals surface area contributed by atoms with Crippen molar-refractivity contribution in [3.05, 3.63) is 96.7 Å². The lowest BCUT2D eigenvalue weighted by Crippen LogP contribution is -2.17. The number of nitrogens with zero attached hydrogens (tertiary/aromatic N) is 1. The lowest BCUT2D eigenvalue weighted by molar-refractivity contribution is 0.215. The van der Waals surface area contributed by atoms with E-state index in [1.807, 2.05) is 54.6 Å². The van der Waals surface area contributed by atoms with Gasteiger partial charge in [-0.25, -0.2) is 4.79 Å². The molecule has 1 N–H and O–H groups in total. The molecule has 1 aromatic heterocycles. The van der Waals surface area contributed by atoms with Crippen LogP contribution in [0.15, 0.2) is 91.1 Å². The summed E-state index contributed by atoms with van der Waals surface area (Å²) in [5.41, 5.74) is 2.50. The zero-order valence-electron chi connectivity index (χ0n) is 15.7. The van der Waals surface area contributed by atoms with E-state index in [-0.39, 0.29) is 0 Å². The van der Waals surface area contributed by atoms with Crippen LogP contribution in [0.3, 0.4) is 0 Å². The Hall–Kier alpha value is -3.86. The highest BCUT2D eigenvalue weighted by atomic mass is 16.6. The van der Waals surface area contributed by atoms with Crippen molar-refractivity contribution < 1.29 is 14.3 Å². The average molecular weight is 384 g/mol. The van der Waals surface area contributed by atoms with Crippen LogP contribution in [-0.4, -0.2) is 17.7 Å². The van der Waals surface area contributed by atoms with Gasteiger partial charge in [-0.3, -0.25) is 10.3 Å². The molecule has 0 spiro atoms. The standard InChI is InChI=1S/C24H20N2O3/c27-24(29-22-10-4-8-19-9-5-16-25-23(19)22)26-20-11-13-21(14-12-20)28-17-15-18-6-2-1-3-7-18/h1-14,16H,15,17H2,(H,26,27). The number of rotatable bonds is 6. The number of para-hydroxylation sites is 1. The van der Waals surface area contributed by atoms with Gasteiger partial charge in [-0.1, -0.05) is 48.5 Å². The Labute approximate surface area is 168 Å². The van der Waals surface area contributed by atoms with Crippen LogP contribution < -0.4 is 14.8 Å². The molecule has 29 heavy (non-hydrogen) atoms. The highest BCUT2D eigenvalue weighted by Gasteiger charge is 2.09. The van der Waals surface area contributed by atoms with Crippen molar-refractivity contribution in [3.63, 3.8) is 0 Å². The first-order valence-electron chi connectivity index (χ1n) is 9.37. The summed E-state index contributed by atoms with van der Waals surface area (Å²) >= 11 is 0. The van der Waals surface area contributed by atoms with Crippen molar-refractivity contribution in [2.24, 2.45) is 0 Å². The Kier molecular flexibility index (Phi) is 5.67. The molecule has 1 amide bonds. The molecule has 4 aromatic rings. The third-order valence-electron chi connectivity index (χ3n) is 4.40. The fourth-order valence-electron chi connectivity index (χ4n) is 2.97. The molecule has 1 heterocycles. The van der Waals surface area contributed by atoms with E-state index in [1.165, 1.54) is 5.56 Å². The van der Waals surface area contributed by atoms with Crippen LogP contribution in [0.5, 0.6) is 11.5 Å². The second-order valence-electron chi connectivity index (χ2n) is 6.45. The summed E-state index contributed by atoms with van der Waals surface area (Å²) in [7, 11) is 0. The number of ether oxygens (including phenoxy) is 2. The van der Waals surface area contributed by atoms with E-state index < -0.39 is 6.09 Å². The first kappa shape index (κ1) is 18.5. The topological polar surface area (TPSA) is 60.5 Å². The molecule has 0 radical (unpaired) electrons. The Morgan fingerprint density at radius 1 is 0.862 bits per heavy atom. The minimum absolute atomic E-state index is 0.418. The van der Waals surface area contributed by atoms with Crippen molar-refractivity contribution in [3.8, 4) is 11.5 Å². The largest absolute Gasteiger partial charge is 0.493 e. The van der Waals surface area contributed by atoms with Crippen LogP contribution in [0.2, 0.25) is 0 Å². The molecule has 0 bridgehead atoms. The van der Waals surface area contributed by atoms with Gasteiger partial charge in [0, 0.05) is 23.7 Å². The molecule has 0 saturated carbocycles. The van der Waals surface area contributed by atoms with E-state index >= 15 is 0 Å². The van der Waals surface area contributed by atoms with Gasteiger partial charge >= 0.3 is 6.09 Å². The van der Waals surface area contributed by atoms with Crippen molar-refractivity contribution in [1.29, 1.82) is 0 Å². The predicted molar refractivity (Wildman–Crippen MR) is 113 cm³/mol. The second kappa shape index (κ2) is 8.89. The molecule has 144 valence electrons. The van der Waals surface area contributed by atoms with Gasteiger partial charge in [0.15, 0.2) is 5.75 Å². The van der Waals surface area contributed by atoms with Gasteiger partial charge < -0.3 is 9.47 Å². The van der Waals surface area contributed by atoms with Crippen molar-refractivity contribution in [2.75, 3.05) is 11.9 Å². The third kappa shape index (κ3) is 4.90. The van der Waals surface area contributed by atoms with Crippen LogP contribution in [0.25, 0.3) is 10.9 Å². The van der Waals surface area contributed by atoms with Gasteiger partial charge in [0.2, 0.25) is 0 Å². The first-order chi connectivity index (χ1) is 14.3. The van der Waals surface area contributed by atoms with Crippen molar-refractivity contribution in [1.82, 2.24) is 4.98 Å². The molecule has 0 fully saturated rings. The summed E-state index contributed by atoms with van der Waals surface area (Å²) < 4.78 is 11.2.